The van der Waals surface area contributed by atoms with Crippen LogP contribution in [0.25, 0.3) is 0 Å². The molecular formula is C38H37F3N2O5. The molecule has 0 N–H and O–H groups in total. The second-order valence-electron chi connectivity index (χ2n) is 14.5. The Morgan fingerprint density at radius 2 is 1.38 bits per heavy atom. The number of para-hydroxylation sites is 1. The molecule has 0 saturated carbocycles. The summed E-state index contributed by atoms with van der Waals surface area (Å²) in [6.45, 7) is 8.79. The fourth-order valence-corrected chi connectivity index (χ4v) is 7.37. The highest BCUT2D eigenvalue weighted by Crippen LogP contribution is 2.56. The molecule has 250 valence electrons. The van der Waals surface area contributed by atoms with Crippen LogP contribution in [0.4, 0.5) is 18.9 Å². The fraction of sp³-hybridized carbons (Fsp3) is 0.368. The molecule has 3 aliphatic rings. The molecule has 3 aromatic rings. The molecule has 0 unspecified atom stereocenters. The largest absolute Gasteiger partial charge is 0.450 e. The van der Waals surface area contributed by atoms with E-state index in [9.17, 15) is 32.9 Å². The lowest BCUT2D eigenvalue weighted by atomic mass is 9.63. The van der Waals surface area contributed by atoms with E-state index in [0.29, 0.717) is 48.6 Å². The van der Waals surface area contributed by atoms with Crippen LogP contribution in [0.3, 0.4) is 0 Å². The molecule has 0 aromatic heterocycles. The van der Waals surface area contributed by atoms with Gasteiger partial charge in [0.1, 0.15) is 5.75 Å². The predicted molar refractivity (Wildman–Crippen MR) is 174 cm³/mol. The van der Waals surface area contributed by atoms with E-state index in [2.05, 4.69) is 44.7 Å². The highest BCUT2D eigenvalue weighted by molar-refractivity contribution is 6.07. The van der Waals surface area contributed by atoms with E-state index in [-0.39, 0.29) is 46.7 Å². The van der Waals surface area contributed by atoms with Crippen LogP contribution in [0.1, 0.15) is 76.0 Å². The number of carbonyl (C=O) groups is 2. The van der Waals surface area contributed by atoms with Gasteiger partial charge in [0.25, 0.3) is 0 Å². The van der Waals surface area contributed by atoms with Crippen LogP contribution < -0.4 is 4.74 Å². The number of benzene rings is 3. The van der Waals surface area contributed by atoms with E-state index >= 15 is 0 Å². The number of ketones is 2. The number of carbonyl (C=O) groups excluding carboxylic acids is 2. The highest BCUT2D eigenvalue weighted by Gasteiger charge is 2.49. The van der Waals surface area contributed by atoms with Crippen molar-refractivity contribution >= 4 is 17.3 Å². The molecule has 0 atom stereocenters. The lowest BCUT2D eigenvalue weighted by molar-refractivity contribution is -0.385. The Kier molecular flexibility index (Phi) is 8.34. The summed E-state index contributed by atoms with van der Waals surface area (Å²) in [5.74, 6) is -1.24. The summed E-state index contributed by atoms with van der Waals surface area (Å²) < 4.78 is 46.4. The normalized spacial score (nSPS) is 19.3. The third-order valence-corrected chi connectivity index (χ3v) is 9.42. The van der Waals surface area contributed by atoms with Gasteiger partial charge >= 0.3 is 11.9 Å². The third-order valence-electron chi connectivity index (χ3n) is 9.42. The Bertz CT molecular complexity index is 1820. The number of hydrogen-bond donors (Lipinski definition) is 0. The maximum Gasteiger partial charge on any atom is 0.416 e. The van der Waals surface area contributed by atoms with Gasteiger partial charge in [-0.05, 0) is 53.9 Å². The summed E-state index contributed by atoms with van der Waals surface area (Å²) in [5.41, 5.74) is 1.62. The standard InChI is InChI=1S/C38H37F3N2O5/c1-36(2)19-27-34(29(44)21-36)33(35-28(20-37(3,4)22-30(35)45)42(27)17-16-23-10-6-5-7-11-23)25-12-8-9-13-31(25)48-32-15-14-24(38(39,40)41)18-26(32)43(46)47/h5-15,18,33H,16-17,19-22H2,1-4H3. The Morgan fingerprint density at radius 3 is 1.94 bits per heavy atom. The zero-order valence-corrected chi connectivity index (χ0v) is 27.3. The van der Waals surface area contributed by atoms with Crippen LogP contribution in [-0.2, 0) is 22.2 Å². The third kappa shape index (κ3) is 6.40. The highest BCUT2D eigenvalue weighted by atomic mass is 19.4. The number of allylic oxidation sites excluding steroid dienone is 4. The summed E-state index contributed by atoms with van der Waals surface area (Å²) in [6, 6.07) is 18.8. The first kappa shape index (κ1) is 33.2. The van der Waals surface area contributed by atoms with Crippen molar-refractivity contribution in [2.75, 3.05) is 6.54 Å². The number of nitrogens with zero attached hydrogens (tertiary/aromatic N) is 2. The van der Waals surface area contributed by atoms with Crippen molar-refractivity contribution in [3.8, 4) is 11.5 Å². The van der Waals surface area contributed by atoms with Gasteiger partial charge in [-0.3, -0.25) is 19.7 Å². The quantitative estimate of drug-likeness (QED) is 0.186. The second-order valence-corrected chi connectivity index (χ2v) is 14.5. The molecule has 3 aromatic carbocycles. The lowest BCUT2D eigenvalue weighted by Gasteiger charge is -2.49. The first-order chi connectivity index (χ1) is 22.5. The number of nitro benzene ring substituents is 1. The van der Waals surface area contributed by atoms with Gasteiger partial charge in [-0.25, -0.2) is 0 Å². The number of ether oxygens (including phenoxy) is 1. The minimum Gasteiger partial charge on any atom is -0.450 e. The van der Waals surface area contributed by atoms with Gasteiger partial charge in [0, 0.05) is 59.5 Å². The van der Waals surface area contributed by atoms with Crippen LogP contribution >= 0.6 is 0 Å². The molecule has 7 nitrogen and oxygen atoms in total. The minimum absolute atomic E-state index is 0.0875. The van der Waals surface area contributed by atoms with Crippen molar-refractivity contribution < 1.29 is 32.4 Å². The van der Waals surface area contributed by atoms with Crippen LogP contribution in [0.15, 0.2) is 95.3 Å². The van der Waals surface area contributed by atoms with Gasteiger partial charge in [-0.1, -0.05) is 76.2 Å². The monoisotopic (exact) mass is 658 g/mol. The Hall–Kier alpha value is -4.73. The van der Waals surface area contributed by atoms with Gasteiger partial charge in [-0.2, -0.15) is 13.2 Å². The Morgan fingerprint density at radius 1 is 0.812 bits per heavy atom. The average Bonchev–Trinajstić information content (AvgIpc) is 2.99. The molecule has 0 amide bonds. The summed E-state index contributed by atoms with van der Waals surface area (Å²) in [4.78, 5) is 41.7. The van der Waals surface area contributed by atoms with E-state index in [1.165, 1.54) is 0 Å². The van der Waals surface area contributed by atoms with E-state index in [1.807, 2.05) is 18.2 Å². The van der Waals surface area contributed by atoms with Crippen molar-refractivity contribution in [3.63, 3.8) is 0 Å². The van der Waals surface area contributed by atoms with Crippen molar-refractivity contribution in [2.45, 2.75) is 71.9 Å². The molecule has 0 fully saturated rings. The van der Waals surface area contributed by atoms with Gasteiger partial charge in [-0.15, -0.1) is 0 Å². The molecule has 10 heteroatoms. The molecule has 6 rings (SSSR count). The van der Waals surface area contributed by atoms with Crippen LogP contribution in [0, 0.1) is 20.9 Å². The van der Waals surface area contributed by atoms with Gasteiger partial charge in [0.15, 0.2) is 11.6 Å². The smallest absolute Gasteiger partial charge is 0.416 e. The van der Waals surface area contributed by atoms with Crippen LogP contribution in [0.5, 0.6) is 11.5 Å². The Labute approximate surface area is 277 Å². The number of Topliss-reactive ketones (excluding diaryl/α,β-unsaturated/α-hetero) is 2. The molecule has 0 bridgehead atoms. The van der Waals surface area contributed by atoms with Crippen molar-refractivity contribution in [3.05, 3.63) is 122 Å². The first-order valence-corrected chi connectivity index (χ1v) is 16.0. The van der Waals surface area contributed by atoms with Gasteiger partial charge < -0.3 is 9.64 Å². The number of rotatable bonds is 7. The minimum atomic E-state index is -4.79. The Balaban J connectivity index is 1.53. The van der Waals surface area contributed by atoms with Gasteiger partial charge in [0.05, 0.1) is 10.5 Å². The fourth-order valence-electron chi connectivity index (χ4n) is 7.37. The number of halogens is 3. The maximum atomic E-state index is 14.2. The molecular weight excluding hydrogens is 621 g/mol. The molecule has 0 spiro atoms. The zero-order chi connectivity index (χ0) is 34.6. The van der Waals surface area contributed by atoms with E-state index < -0.39 is 28.3 Å². The molecule has 0 radical (unpaired) electrons. The SMILES string of the molecule is CC1(C)CC(=O)C2=C(C1)N(CCc1ccccc1)C1=C(C(=O)CC(C)(C)C1)C2c1ccccc1Oc1ccc(C(F)(F)F)cc1[N+](=O)[O-]. The number of nitro groups is 1. The summed E-state index contributed by atoms with van der Waals surface area (Å²) in [7, 11) is 0. The van der Waals surface area contributed by atoms with Crippen LogP contribution in [-0.4, -0.2) is 27.9 Å². The summed E-state index contributed by atoms with van der Waals surface area (Å²) in [6.07, 6.45) is -2.36. The second kappa shape index (κ2) is 12.1. The van der Waals surface area contributed by atoms with E-state index in [4.69, 9.17) is 4.74 Å². The van der Waals surface area contributed by atoms with E-state index in [0.717, 1.165) is 29.1 Å². The molecule has 1 heterocycles. The number of hydrogen-bond acceptors (Lipinski definition) is 6. The van der Waals surface area contributed by atoms with Gasteiger partial charge in [0.2, 0.25) is 5.75 Å². The summed E-state index contributed by atoms with van der Waals surface area (Å²) >= 11 is 0. The average molecular weight is 659 g/mol. The predicted octanol–water partition coefficient (Wildman–Crippen LogP) is 9.33. The topological polar surface area (TPSA) is 89.8 Å². The lowest BCUT2D eigenvalue weighted by Crippen LogP contribution is -2.45. The molecule has 1 aliphatic heterocycles. The molecule has 2 aliphatic carbocycles. The maximum absolute atomic E-state index is 14.2. The first-order valence-electron chi connectivity index (χ1n) is 16.0. The van der Waals surface area contributed by atoms with Crippen molar-refractivity contribution in [2.24, 2.45) is 10.8 Å². The van der Waals surface area contributed by atoms with Crippen LogP contribution in [0.2, 0.25) is 0 Å². The van der Waals surface area contributed by atoms with Crippen molar-refractivity contribution in [1.29, 1.82) is 0 Å². The van der Waals surface area contributed by atoms with E-state index in [1.54, 1.807) is 24.3 Å². The molecule has 48 heavy (non-hydrogen) atoms. The summed E-state index contributed by atoms with van der Waals surface area (Å²) in [5, 5.41) is 11.9. The number of alkyl halides is 3. The van der Waals surface area contributed by atoms with Crippen molar-refractivity contribution in [1.82, 2.24) is 4.90 Å². The molecule has 0 saturated heterocycles. The zero-order valence-electron chi connectivity index (χ0n) is 27.3.